The maximum atomic E-state index is 16.0. The third kappa shape index (κ3) is 4.11. The number of hydrogen-bond donors (Lipinski definition) is 0. The highest BCUT2D eigenvalue weighted by atomic mass is 35.5. The average Bonchev–Trinajstić information content (AvgIpc) is 3.34. The fraction of sp³-hybridized carbons (Fsp3) is 0.185. The Kier molecular flexibility index (Phi) is 6.35. The minimum Gasteiger partial charge on any atom is -0.350 e. The number of fused-ring (bicyclic) bond motifs is 1. The molecular formula is C27H21Cl2FN4O3. The van der Waals surface area contributed by atoms with E-state index in [9.17, 15) is 9.59 Å². The summed E-state index contributed by atoms with van der Waals surface area (Å²) in [4.78, 5) is 37.0. The number of methoxy groups -OCH3 is 1. The first-order chi connectivity index (χ1) is 17.6. The van der Waals surface area contributed by atoms with E-state index in [0.717, 1.165) is 6.07 Å². The van der Waals surface area contributed by atoms with E-state index in [1.165, 1.54) is 24.3 Å². The molecule has 188 valence electrons. The molecule has 4 aromatic rings. The summed E-state index contributed by atoms with van der Waals surface area (Å²) >= 11 is 12.1. The lowest BCUT2D eigenvalue weighted by Gasteiger charge is -2.38. The number of aromatic nitrogens is 3. The van der Waals surface area contributed by atoms with Gasteiger partial charge in [-0.15, -0.1) is 0 Å². The Labute approximate surface area is 222 Å². The zero-order valence-corrected chi connectivity index (χ0v) is 21.6. The van der Waals surface area contributed by atoms with Crippen molar-refractivity contribution in [1.29, 1.82) is 0 Å². The second-order valence-electron chi connectivity index (χ2n) is 8.71. The van der Waals surface area contributed by atoms with Crippen LogP contribution in [0.25, 0.3) is 0 Å². The van der Waals surface area contributed by atoms with Crippen molar-refractivity contribution in [3.05, 3.63) is 116 Å². The normalized spacial score (nSPS) is 16.8. The van der Waals surface area contributed by atoms with E-state index in [1.807, 2.05) is 0 Å². The van der Waals surface area contributed by atoms with Crippen LogP contribution < -0.4 is 0 Å². The first-order valence-electron chi connectivity index (χ1n) is 11.3. The Morgan fingerprint density at radius 3 is 2.41 bits per heavy atom. The smallest absolute Gasteiger partial charge is 0.257 e. The number of aryl methyl sites for hydroxylation is 2. The van der Waals surface area contributed by atoms with Crippen LogP contribution in [0.1, 0.15) is 49.1 Å². The van der Waals surface area contributed by atoms with Gasteiger partial charge in [-0.25, -0.2) is 9.37 Å². The van der Waals surface area contributed by atoms with E-state index in [-0.39, 0.29) is 28.9 Å². The van der Waals surface area contributed by atoms with Crippen molar-refractivity contribution in [2.75, 3.05) is 7.11 Å². The minimum atomic E-state index is -1.63. The standard InChI is InChI=1S/C27H21Cl2FN4O3/c1-15-32-23(14-33(15)2)25(35)16-10-21-24(22(30)11-16)27(37-3,17-4-6-18(28)7-5-17)34(26(21)36)13-20-9-8-19(29)12-31-20/h4-12,14H,13H2,1-3H3/t27-/m1/s1. The first-order valence-corrected chi connectivity index (χ1v) is 12.0. The predicted octanol–water partition coefficient (Wildman–Crippen LogP) is 5.30. The number of hydrogen-bond acceptors (Lipinski definition) is 5. The molecule has 1 atom stereocenters. The summed E-state index contributed by atoms with van der Waals surface area (Å²) in [5.41, 5.74) is -0.448. The van der Waals surface area contributed by atoms with Crippen LogP contribution >= 0.6 is 23.2 Å². The Bertz CT molecular complexity index is 1520. The highest BCUT2D eigenvalue weighted by Crippen LogP contribution is 2.47. The largest absolute Gasteiger partial charge is 0.350 e. The van der Waals surface area contributed by atoms with Crippen LogP contribution in [0.3, 0.4) is 0 Å². The van der Waals surface area contributed by atoms with Gasteiger partial charge in [-0.3, -0.25) is 19.5 Å². The zero-order chi connectivity index (χ0) is 26.5. The predicted molar refractivity (Wildman–Crippen MR) is 136 cm³/mol. The second kappa shape index (κ2) is 9.37. The Balaban J connectivity index is 1.69. The van der Waals surface area contributed by atoms with Crippen molar-refractivity contribution in [3.63, 3.8) is 0 Å². The van der Waals surface area contributed by atoms with Gasteiger partial charge in [-0.1, -0.05) is 35.3 Å². The molecule has 1 aliphatic heterocycles. The van der Waals surface area contributed by atoms with E-state index >= 15 is 4.39 Å². The number of carbonyl (C=O) groups excluding carboxylic acids is 2. The molecule has 3 heterocycles. The molecule has 7 nitrogen and oxygen atoms in total. The van der Waals surface area contributed by atoms with Crippen LogP contribution in [0.2, 0.25) is 10.0 Å². The molecule has 1 aliphatic rings. The number of benzene rings is 2. The summed E-state index contributed by atoms with van der Waals surface area (Å²) in [5.74, 6) is -1.14. The second-order valence-corrected chi connectivity index (χ2v) is 9.58. The molecule has 37 heavy (non-hydrogen) atoms. The number of halogens is 3. The third-order valence-electron chi connectivity index (χ3n) is 6.53. The van der Waals surface area contributed by atoms with Gasteiger partial charge in [0.25, 0.3) is 5.91 Å². The number of ether oxygens (including phenoxy) is 1. The van der Waals surface area contributed by atoms with Gasteiger partial charge in [0.15, 0.2) is 5.72 Å². The molecule has 0 radical (unpaired) electrons. The number of amides is 1. The SMILES string of the molecule is CO[C@]1(c2ccc(Cl)cc2)c2c(F)cc(C(=O)c3cn(C)c(C)n3)cc2C(=O)N1Cc1ccc(Cl)cn1. The highest BCUT2D eigenvalue weighted by Gasteiger charge is 2.54. The van der Waals surface area contributed by atoms with Gasteiger partial charge in [0, 0.05) is 42.7 Å². The molecule has 0 saturated carbocycles. The lowest BCUT2D eigenvalue weighted by atomic mass is 9.91. The number of ketones is 1. The summed E-state index contributed by atoms with van der Waals surface area (Å²) in [6, 6.07) is 12.5. The van der Waals surface area contributed by atoms with Crippen molar-refractivity contribution in [1.82, 2.24) is 19.4 Å². The van der Waals surface area contributed by atoms with Crippen LogP contribution in [0, 0.1) is 12.7 Å². The monoisotopic (exact) mass is 538 g/mol. The fourth-order valence-corrected chi connectivity index (χ4v) is 4.88. The number of rotatable bonds is 6. The minimum absolute atomic E-state index is 0.00466. The van der Waals surface area contributed by atoms with Crippen LogP contribution in [0.4, 0.5) is 4.39 Å². The lowest BCUT2D eigenvalue weighted by Crippen LogP contribution is -2.46. The number of carbonyl (C=O) groups is 2. The molecule has 2 aromatic heterocycles. The quantitative estimate of drug-likeness (QED) is 0.311. The van der Waals surface area contributed by atoms with Gasteiger partial charge in [0.2, 0.25) is 5.78 Å². The van der Waals surface area contributed by atoms with Crippen LogP contribution in [0.15, 0.2) is 60.9 Å². The van der Waals surface area contributed by atoms with Gasteiger partial charge in [0.1, 0.15) is 17.3 Å². The molecule has 1 amide bonds. The molecule has 2 aromatic carbocycles. The number of pyridine rings is 1. The summed E-state index contributed by atoms with van der Waals surface area (Å²) < 4.78 is 23.7. The van der Waals surface area contributed by atoms with Crippen molar-refractivity contribution in [2.24, 2.45) is 7.05 Å². The molecule has 0 spiro atoms. The molecule has 0 saturated heterocycles. The van der Waals surface area contributed by atoms with Gasteiger partial charge >= 0.3 is 0 Å². The molecule has 0 aliphatic carbocycles. The third-order valence-corrected chi connectivity index (χ3v) is 7.00. The van der Waals surface area contributed by atoms with E-state index in [1.54, 1.807) is 61.1 Å². The molecule has 0 bridgehead atoms. The lowest BCUT2D eigenvalue weighted by molar-refractivity contribution is -0.0885. The molecule has 0 fully saturated rings. The van der Waals surface area contributed by atoms with E-state index in [0.29, 0.717) is 27.1 Å². The zero-order valence-electron chi connectivity index (χ0n) is 20.1. The first kappa shape index (κ1) is 25.1. The Morgan fingerprint density at radius 1 is 1.11 bits per heavy atom. The average molecular weight is 539 g/mol. The van der Waals surface area contributed by atoms with Crippen LogP contribution in [-0.4, -0.2) is 38.2 Å². The maximum absolute atomic E-state index is 16.0. The van der Waals surface area contributed by atoms with Crippen molar-refractivity contribution in [2.45, 2.75) is 19.2 Å². The van der Waals surface area contributed by atoms with E-state index in [2.05, 4.69) is 9.97 Å². The van der Waals surface area contributed by atoms with Crippen molar-refractivity contribution in [3.8, 4) is 0 Å². The Morgan fingerprint density at radius 2 is 1.81 bits per heavy atom. The summed E-state index contributed by atoms with van der Waals surface area (Å²) in [6.07, 6.45) is 3.03. The van der Waals surface area contributed by atoms with Crippen molar-refractivity contribution >= 4 is 34.9 Å². The highest BCUT2D eigenvalue weighted by molar-refractivity contribution is 6.30. The van der Waals surface area contributed by atoms with Crippen LogP contribution in [0.5, 0.6) is 0 Å². The molecular weight excluding hydrogens is 518 g/mol. The maximum Gasteiger partial charge on any atom is 0.257 e. The molecule has 0 N–H and O–H groups in total. The van der Waals surface area contributed by atoms with E-state index < -0.39 is 23.2 Å². The number of imidazole rings is 1. The van der Waals surface area contributed by atoms with Gasteiger partial charge in [-0.05, 0) is 43.3 Å². The topological polar surface area (TPSA) is 77.3 Å². The van der Waals surface area contributed by atoms with E-state index in [4.69, 9.17) is 27.9 Å². The van der Waals surface area contributed by atoms with Gasteiger partial charge in [-0.2, -0.15) is 0 Å². The Hall–Kier alpha value is -3.59. The molecule has 10 heteroatoms. The number of nitrogens with zero attached hydrogens (tertiary/aromatic N) is 4. The summed E-state index contributed by atoms with van der Waals surface area (Å²) in [5, 5.41) is 0.909. The van der Waals surface area contributed by atoms with Gasteiger partial charge < -0.3 is 9.30 Å². The van der Waals surface area contributed by atoms with Crippen molar-refractivity contribution < 1.29 is 18.7 Å². The molecule has 5 rings (SSSR count). The summed E-state index contributed by atoms with van der Waals surface area (Å²) in [7, 11) is 3.15. The van der Waals surface area contributed by atoms with Gasteiger partial charge in [0.05, 0.1) is 28.4 Å². The fourth-order valence-electron chi connectivity index (χ4n) is 4.64. The molecule has 0 unspecified atom stereocenters. The summed E-state index contributed by atoms with van der Waals surface area (Å²) in [6.45, 7) is 1.74. The van der Waals surface area contributed by atoms with Crippen LogP contribution in [-0.2, 0) is 24.1 Å².